The van der Waals surface area contributed by atoms with Gasteiger partial charge in [-0.3, -0.25) is 4.79 Å². The van der Waals surface area contributed by atoms with E-state index >= 15 is 0 Å². The van der Waals surface area contributed by atoms with Crippen LogP contribution in [-0.2, 0) is 19.1 Å². The summed E-state index contributed by atoms with van der Waals surface area (Å²) in [6, 6.07) is 5.79. The molecule has 0 bridgehead atoms. The van der Waals surface area contributed by atoms with Crippen LogP contribution in [0.2, 0.25) is 0 Å². The number of ether oxygens (including phenoxy) is 2. The highest BCUT2D eigenvalue weighted by Crippen LogP contribution is 2.45. The Labute approximate surface area is 192 Å². The molecule has 0 spiro atoms. The standard InChI is InChI=1S/C24H29N3O4S/c1-14-7-8-19(15(2)10-14)22-21(23(29)30-4)16(3)26-24-27(22)17(13-32-24)11-20(28)25-12-18-6-5-9-31-18/h7-8,10,13,18,22H,5-6,9,11-12H2,1-4H3,(H,25,28)/t18-,22-/m1/s1. The van der Waals surface area contributed by atoms with Crippen LogP contribution in [0.1, 0.15) is 48.9 Å². The molecule has 7 nitrogen and oxygen atoms in total. The molecule has 1 amide bonds. The number of allylic oxidation sites excluding steroid dienone is 1. The summed E-state index contributed by atoms with van der Waals surface area (Å²) in [5, 5.41) is 5.71. The zero-order valence-electron chi connectivity index (χ0n) is 18.9. The van der Waals surface area contributed by atoms with Gasteiger partial charge in [0.15, 0.2) is 5.17 Å². The van der Waals surface area contributed by atoms with E-state index in [1.807, 2.05) is 43.2 Å². The van der Waals surface area contributed by atoms with Crippen LogP contribution in [0.3, 0.4) is 0 Å². The Bertz CT molecular complexity index is 1020. The number of amidine groups is 1. The number of benzene rings is 1. The van der Waals surface area contributed by atoms with Crippen molar-refractivity contribution in [3.8, 4) is 0 Å². The second-order valence-corrected chi connectivity index (χ2v) is 9.20. The lowest BCUT2D eigenvalue weighted by molar-refractivity contribution is -0.136. The summed E-state index contributed by atoms with van der Waals surface area (Å²) < 4.78 is 10.7. The van der Waals surface area contributed by atoms with Gasteiger partial charge >= 0.3 is 5.97 Å². The molecule has 4 rings (SSSR count). The number of aryl methyl sites for hydroxylation is 2. The van der Waals surface area contributed by atoms with Crippen molar-refractivity contribution in [3.63, 3.8) is 0 Å². The van der Waals surface area contributed by atoms with E-state index in [9.17, 15) is 9.59 Å². The van der Waals surface area contributed by atoms with Crippen LogP contribution < -0.4 is 5.32 Å². The van der Waals surface area contributed by atoms with Gasteiger partial charge in [-0.25, -0.2) is 9.79 Å². The number of esters is 1. The lowest BCUT2D eigenvalue weighted by atomic mass is 9.90. The fourth-order valence-electron chi connectivity index (χ4n) is 4.43. The van der Waals surface area contributed by atoms with E-state index in [-0.39, 0.29) is 18.4 Å². The van der Waals surface area contributed by atoms with Crippen LogP contribution in [-0.4, -0.2) is 48.3 Å². The zero-order valence-corrected chi connectivity index (χ0v) is 19.8. The average molecular weight is 456 g/mol. The Morgan fingerprint density at radius 2 is 2.12 bits per heavy atom. The summed E-state index contributed by atoms with van der Waals surface area (Å²) in [7, 11) is 1.38. The Balaban J connectivity index is 1.63. The fourth-order valence-corrected chi connectivity index (χ4v) is 5.39. The predicted molar refractivity (Wildman–Crippen MR) is 125 cm³/mol. The molecule has 1 aromatic carbocycles. The quantitative estimate of drug-likeness (QED) is 0.659. The van der Waals surface area contributed by atoms with Gasteiger partial charge in [0.25, 0.3) is 0 Å². The van der Waals surface area contributed by atoms with Crippen molar-refractivity contribution in [3.05, 3.63) is 57.3 Å². The maximum absolute atomic E-state index is 12.8. The van der Waals surface area contributed by atoms with Gasteiger partial charge in [0.1, 0.15) is 0 Å². The molecule has 1 aromatic rings. The minimum Gasteiger partial charge on any atom is -0.466 e. The number of hydrogen-bond acceptors (Lipinski definition) is 7. The molecular formula is C24H29N3O4S. The number of carbonyl (C=O) groups is 2. The summed E-state index contributed by atoms with van der Waals surface area (Å²) in [5.41, 5.74) is 5.17. The summed E-state index contributed by atoms with van der Waals surface area (Å²) in [6.45, 7) is 7.20. The van der Waals surface area contributed by atoms with E-state index in [1.165, 1.54) is 18.9 Å². The zero-order chi connectivity index (χ0) is 22.8. The van der Waals surface area contributed by atoms with Gasteiger partial charge in [-0.1, -0.05) is 35.5 Å². The van der Waals surface area contributed by atoms with Crippen LogP contribution in [0.25, 0.3) is 0 Å². The third-order valence-corrected chi connectivity index (χ3v) is 6.91. The third-order valence-electron chi connectivity index (χ3n) is 6.02. The SMILES string of the molecule is COC(=O)C1=C(C)N=C2SC=C(CC(=O)NC[C@H]3CCCO3)N2[C@@H]1c1ccc(C)cc1C. The average Bonchev–Trinajstić information content (AvgIpc) is 3.41. The summed E-state index contributed by atoms with van der Waals surface area (Å²) in [5.74, 6) is -0.478. The topological polar surface area (TPSA) is 80.2 Å². The first-order valence-corrected chi connectivity index (χ1v) is 11.7. The van der Waals surface area contributed by atoms with E-state index in [0.717, 1.165) is 47.0 Å². The highest BCUT2D eigenvalue weighted by molar-refractivity contribution is 8.16. The molecule has 32 heavy (non-hydrogen) atoms. The molecule has 1 N–H and O–H groups in total. The molecule has 3 aliphatic rings. The molecule has 3 aliphatic heterocycles. The molecule has 8 heteroatoms. The van der Waals surface area contributed by atoms with E-state index in [1.54, 1.807) is 0 Å². The second kappa shape index (κ2) is 9.50. The van der Waals surface area contributed by atoms with Crippen LogP contribution in [0, 0.1) is 13.8 Å². The first-order valence-electron chi connectivity index (χ1n) is 10.9. The van der Waals surface area contributed by atoms with Crippen LogP contribution in [0.4, 0.5) is 0 Å². The summed E-state index contributed by atoms with van der Waals surface area (Å²) in [6.07, 6.45) is 2.31. The first-order chi connectivity index (χ1) is 15.4. The van der Waals surface area contributed by atoms with Crippen LogP contribution in [0.5, 0.6) is 0 Å². The number of rotatable bonds is 6. The van der Waals surface area contributed by atoms with Gasteiger partial charge in [0.05, 0.1) is 36.9 Å². The molecule has 1 saturated heterocycles. The highest BCUT2D eigenvalue weighted by Gasteiger charge is 2.41. The van der Waals surface area contributed by atoms with Crippen LogP contribution >= 0.6 is 11.8 Å². The number of amides is 1. The van der Waals surface area contributed by atoms with Crippen molar-refractivity contribution in [2.24, 2.45) is 4.99 Å². The van der Waals surface area contributed by atoms with Crippen molar-refractivity contribution in [2.75, 3.05) is 20.3 Å². The molecule has 0 unspecified atom stereocenters. The minimum absolute atomic E-state index is 0.0705. The molecule has 0 saturated carbocycles. The molecule has 2 atom stereocenters. The largest absolute Gasteiger partial charge is 0.466 e. The number of thioether (sulfide) groups is 1. The number of nitrogens with one attached hydrogen (secondary N) is 1. The van der Waals surface area contributed by atoms with Crippen LogP contribution in [0.15, 0.2) is 45.6 Å². The van der Waals surface area contributed by atoms with Crippen molar-refractivity contribution < 1.29 is 19.1 Å². The number of fused-ring (bicyclic) bond motifs is 1. The maximum atomic E-state index is 12.8. The summed E-state index contributed by atoms with van der Waals surface area (Å²) >= 11 is 1.48. The number of nitrogens with zero attached hydrogens (tertiary/aromatic N) is 2. The lowest BCUT2D eigenvalue weighted by Gasteiger charge is -2.37. The third kappa shape index (κ3) is 4.47. The number of carbonyl (C=O) groups excluding carboxylic acids is 2. The highest BCUT2D eigenvalue weighted by atomic mass is 32.2. The normalized spacial score (nSPS) is 22.4. The Morgan fingerprint density at radius 1 is 1.31 bits per heavy atom. The van der Waals surface area contributed by atoms with Gasteiger partial charge in [-0.15, -0.1) is 0 Å². The first kappa shape index (κ1) is 22.6. The van der Waals surface area contributed by atoms with E-state index < -0.39 is 12.0 Å². The van der Waals surface area contributed by atoms with Gasteiger partial charge in [-0.2, -0.15) is 0 Å². The van der Waals surface area contributed by atoms with Gasteiger partial charge < -0.3 is 19.7 Å². The van der Waals surface area contributed by atoms with Gasteiger partial charge in [0.2, 0.25) is 5.91 Å². The molecule has 3 heterocycles. The van der Waals surface area contributed by atoms with E-state index in [4.69, 9.17) is 9.47 Å². The summed E-state index contributed by atoms with van der Waals surface area (Å²) in [4.78, 5) is 32.2. The Hall–Kier alpha value is -2.58. The second-order valence-electron chi connectivity index (χ2n) is 8.36. The molecular weight excluding hydrogens is 426 g/mol. The predicted octanol–water partition coefficient (Wildman–Crippen LogP) is 3.74. The number of methoxy groups -OCH3 is 1. The molecule has 0 aliphatic carbocycles. The van der Waals surface area contributed by atoms with E-state index in [2.05, 4.69) is 16.4 Å². The monoisotopic (exact) mass is 455 g/mol. The molecule has 1 fully saturated rings. The van der Waals surface area contributed by atoms with E-state index in [0.29, 0.717) is 17.8 Å². The van der Waals surface area contributed by atoms with Crippen molar-refractivity contribution in [1.29, 1.82) is 0 Å². The van der Waals surface area contributed by atoms with Gasteiger partial charge in [-0.05, 0) is 50.1 Å². The minimum atomic E-state index is -0.408. The Kier molecular flexibility index (Phi) is 6.71. The maximum Gasteiger partial charge on any atom is 0.338 e. The number of aliphatic imine (C=N–C) groups is 1. The fraction of sp³-hybridized carbons (Fsp3) is 0.458. The smallest absolute Gasteiger partial charge is 0.338 e. The van der Waals surface area contributed by atoms with Crippen molar-refractivity contribution in [2.45, 2.75) is 52.2 Å². The van der Waals surface area contributed by atoms with Gasteiger partial charge in [0, 0.05) is 18.8 Å². The molecule has 170 valence electrons. The molecule has 0 aromatic heterocycles. The van der Waals surface area contributed by atoms with Crippen molar-refractivity contribution in [1.82, 2.24) is 10.2 Å². The lowest BCUT2D eigenvalue weighted by Crippen LogP contribution is -2.39. The number of hydrogen-bond donors (Lipinski definition) is 1. The van der Waals surface area contributed by atoms with Crippen molar-refractivity contribution >= 4 is 28.8 Å². The molecule has 0 radical (unpaired) electrons. The Morgan fingerprint density at radius 3 is 2.81 bits per heavy atom.